The molecular formula is C39H41F6N5O6. The number of nitrogens with one attached hydrogen (secondary N) is 2. The largest absolute Gasteiger partial charge is 0.480 e. The molecule has 2 amide bonds. The van der Waals surface area contributed by atoms with Crippen LogP contribution < -0.4 is 25.8 Å². The van der Waals surface area contributed by atoms with Crippen molar-refractivity contribution in [2.45, 2.75) is 64.0 Å². The van der Waals surface area contributed by atoms with Crippen molar-refractivity contribution in [3.63, 3.8) is 0 Å². The summed E-state index contributed by atoms with van der Waals surface area (Å²) in [6.45, 7) is 0.941. The Balaban J connectivity index is 0.000000300. The molecule has 4 N–H and O–H groups in total. The summed E-state index contributed by atoms with van der Waals surface area (Å²) in [6, 6.07) is 10.3. The van der Waals surface area contributed by atoms with Crippen LogP contribution in [-0.4, -0.2) is 65.2 Å². The van der Waals surface area contributed by atoms with Crippen LogP contribution in [0.2, 0.25) is 0 Å². The summed E-state index contributed by atoms with van der Waals surface area (Å²) in [5.74, 6) is -12.1. The highest BCUT2D eigenvalue weighted by atomic mass is 19.2. The van der Waals surface area contributed by atoms with E-state index in [1.165, 1.54) is 24.5 Å². The number of ether oxygens (including phenoxy) is 2. The second-order valence-corrected chi connectivity index (χ2v) is 12.1. The number of hydrogen-bond donors (Lipinski definition) is 3. The SMILES string of the molecule is CCCCC[C@H](NC(=O)c1ccccn1)C(=O)COc1c(F)ccc(F)c1F.NCCCC[C@H](NC(=O)c1ccccn1)C(=O)COc1c(F)ccc(F)c1F. The molecule has 0 spiro atoms. The number of amides is 2. The molecule has 0 radical (unpaired) electrons. The van der Waals surface area contributed by atoms with E-state index < -0.39 is 95.1 Å². The molecule has 0 saturated heterocycles. The van der Waals surface area contributed by atoms with E-state index in [1.807, 2.05) is 6.92 Å². The van der Waals surface area contributed by atoms with Gasteiger partial charge in [-0.1, -0.05) is 38.3 Å². The molecule has 4 aromatic rings. The molecule has 11 nitrogen and oxygen atoms in total. The Morgan fingerprint density at radius 2 is 1.02 bits per heavy atom. The molecule has 4 rings (SSSR count). The van der Waals surface area contributed by atoms with Crippen molar-refractivity contribution >= 4 is 23.4 Å². The van der Waals surface area contributed by atoms with Crippen molar-refractivity contribution in [1.82, 2.24) is 20.6 Å². The molecule has 17 heteroatoms. The van der Waals surface area contributed by atoms with Crippen LogP contribution in [0.15, 0.2) is 73.1 Å². The van der Waals surface area contributed by atoms with Crippen molar-refractivity contribution in [3.05, 3.63) is 119 Å². The highest BCUT2D eigenvalue weighted by Crippen LogP contribution is 2.25. The second-order valence-electron chi connectivity index (χ2n) is 12.1. The zero-order chi connectivity index (χ0) is 41.0. The van der Waals surface area contributed by atoms with Gasteiger partial charge in [-0.3, -0.25) is 29.1 Å². The smallest absolute Gasteiger partial charge is 0.270 e. The van der Waals surface area contributed by atoms with Gasteiger partial charge in [-0.15, -0.1) is 0 Å². The highest BCUT2D eigenvalue weighted by Gasteiger charge is 2.25. The third kappa shape index (κ3) is 13.8. The first kappa shape index (κ1) is 44.6. The van der Waals surface area contributed by atoms with Gasteiger partial charge in [0, 0.05) is 12.4 Å². The van der Waals surface area contributed by atoms with Gasteiger partial charge in [0.15, 0.2) is 46.3 Å². The number of carbonyl (C=O) groups is 4. The molecule has 0 aliphatic carbocycles. The summed E-state index contributed by atoms with van der Waals surface area (Å²) in [5, 5.41) is 5.11. The molecule has 2 heterocycles. The summed E-state index contributed by atoms with van der Waals surface area (Å²) < 4.78 is 90.8. The maximum Gasteiger partial charge on any atom is 0.270 e. The van der Waals surface area contributed by atoms with Gasteiger partial charge in [-0.25, -0.2) is 17.6 Å². The molecule has 0 fully saturated rings. The van der Waals surface area contributed by atoms with Crippen molar-refractivity contribution in [2.75, 3.05) is 19.8 Å². The first-order valence-electron chi connectivity index (χ1n) is 17.6. The quantitative estimate of drug-likeness (QED) is 0.0538. The minimum absolute atomic E-state index is 0.113. The van der Waals surface area contributed by atoms with Gasteiger partial charge < -0.3 is 25.8 Å². The van der Waals surface area contributed by atoms with E-state index in [0.717, 1.165) is 12.8 Å². The predicted octanol–water partition coefficient (Wildman–Crippen LogP) is 6.20. The van der Waals surface area contributed by atoms with Crippen LogP contribution in [0.3, 0.4) is 0 Å². The number of nitrogens with zero attached hydrogens (tertiary/aromatic N) is 2. The second kappa shape index (κ2) is 23.2. The van der Waals surface area contributed by atoms with E-state index in [4.69, 9.17) is 15.2 Å². The van der Waals surface area contributed by atoms with Gasteiger partial charge in [0.2, 0.25) is 11.6 Å². The molecule has 2 aromatic carbocycles. The summed E-state index contributed by atoms with van der Waals surface area (Å²) >= 11 is 0. The van der Waals surface area contributed by atoms with E-state index in [-0.39, 0.29) is 17.8 Å². The molecular weight excluding hydrogens is 748 g/mol. The molecule has 0 aliphatic heterocycles. The van der Waals surface area contributed by atoms with Gasteiger partial charge in [-0.05, 0) is 80.8 Å². The predicted molar refractivity (Wildman–Crippen MR) is 192 cm³/mol. The number of pyridine rings is 2. The molecule has 0 aliphatic rings. The number of rotatable bonds is 20. The fraction of sp³-hybridized carbons (Fsp3) is 0.333. The number of aromatic nitrogens is 2. The Labute approximate surface area is 319 Å². The first-order chi connectivity index (χ1) is 26.9. The number of Topliss-reactive ketones (excluding diaryl/α,β-unsaturated/α-hetero) is 2. The van der Waals surface area contributed by atoms with E-state index in [9.17, 15) is 45.5 Å². The Kier molecular flexibility index (Phi) is 18.4. The molecule has 56 heavy (non-hydrogen) atoms. The lowest BCUT2D eigenvalue weighted by atomic mass is 10.0. The van der Waals surface area contributed by atoms with Crippen molar-refractivity contribution in [2.24, 2.45) is 5.73 Å². The normalized spacial score (nSPS) is 11.7. The number of halogens is 6. The van der Waals surface area contributed by atoms with Gasteiger partial charge >= 0.3 is 0 Å². The highest BCUT2D eigenvalue weighted by molar-refractivity contribution is 5.97. The average Bonchev–Trinajstić information content (AvgIpc) is 3.20. The number of hydrogen-bond acceptors (Lipinski definition) is 9. The minimum atomic E-state index is -1.52. The summed E-state index contributed by atoms with van der Waals surface area (Å²) in [4.78, 5) is 57.3. The van der Waals surface area contributed by atoms with Gasteiger partial charge in [-0.2, -0.15) is 8.78 Å². The topological polar surface area (TPSA) is 163 Å². The number of ketones is 2. The van der Waals surface area contributed by atoms with E-state index in [1.54, 1.807) is 24.3 Å². The van der Waals surface area contributed by atoms with Crippen LogP contribution in [-0.2, 0) is 9.59 Å². The van der Waals surface area contributed by atoms with E-state index >= 15 is 0 Å². The molecule has 0 saturated carbocycles. The maximum atomic E-state index is 13.7. The lowest BCUT2D eigenvalue weighted by molar-refractivity contribution is -0.123. The molecule has 2 atom stereocenters. The van der Waals surface area contributed by atoms with Crippen LogP contribution in [0, 0.1) is 34.9 Å². The Morgan fingerprint density at radius 1 is 0.607 bits per heavy atom. The maximum absolute atomic E-state index is 13.7. The van der Waals surface area contributed by atoms with Crippen LogP contribution in [0.5, 0.6) is 11.5 Å². The fourth-order valence-electron chi connectivity index (χ4n) is 4.95. The Hall–Kier alpha value is -5.84. The Bertz CT molecular complexity index is 1770. The van der Waals surface area contributed by atoms with E-state index in [2.05, 4.69) is 20.6 Å². The zero-order valence-electron chi connectivity index (χ0n) is 30.3. The van der Waals surface area contributed by atoms with Crippen molar-refractivity contribution in [3.8, 4) is 11.5 Å². The summed E-state index contributed by atoms with van der Waals surface area (Å²) in [5.41, 5.74) is 5.69. The Morgan fingerprint density at radius 3 is 1.39 bits per heavy atom. The van der Waals surface area contributed by atoms with Crippen LogP contribution >= 0.6 is 0 Å². The van der Waals surface area contributed by atoms with E-state index in [0.29, 0.717) is 56.5 Å². The number of unbranched alkanes of at least 4 members (excludes halogenated alkanes) is 3. The van der Waals surface area contributed by atoms with Crippen molar-refractivity contribution < 1.29 is 55.0 Å². The van der Waals surface area contributed by atoms with Gasteiger partial charge in [0.1, 0.15) is 24.6 Å². The third-order valence-electron chi connectivity index (χ3n) is 7.95. The van der Waals surface area contributed by atoms with Crippen LogP contribution in [0.1, 0.15) is 72.8 Å². The lowest BCUT2D eigenvalue weighted by Gasteiger charge is -2.18. The van der Waals surface area contributed by atoms with Crippen LogP contribution in [0.4, 0.5) is 26.3 Å². The summed E-state index contributed by atoms with van der Waals surface area (Å²) in [6.07, 6.45) is 7.05. The monoisotopic (exact) mass is 789 g/mol. The average molecular weight is 790 g/mol. The minimum Gasteiger partial charge on any atom is -0.480 e. The third-order valence-corrected chi connectivity index (χ3v) is 7.95. The molecule has 300 valence electrons. The standard InChI is InChI=1S/C20H21F3N2O3.C19H20F3N3O3/c1-2-3-4-7-15(25-20(27)16-8-5-6-11-24-16)17(26)12-28-19-14(22)10-9-13(21)18(19)23;20-12-7-8-13(21)18(17(12)22)28-11-16(26)14(5-1-3-9-23)25-19(27)15-6-2-4-10-24-15/h5-6,8-11,15H,2-4,7,12H2,1H3,(H,25,27);2,4,6-8,10,14H,1,3,5,9,11,23H2,(H,25,27)/t15-;14-/m00/s1. The fourth-order valence-corrected chi connectivity index (χ4v) is 4.95. The number of carbonyl (C=O) groups excluding carboxylic acids is 4. The van der Waals surface area contributed by atoms with Gasteiger partial charge in [0.05, 0.1) is 12.1 Å². The summed E-state index contributed by atoms with van der Waals surface area (Å²) in [7, 11) is 0. The van der Waals surface area contributed by atoms with Crippen LogP contribution in [0.25, 0.3) is 0 Å². The molecule has 0 unspecified atom stereocenters. The number of nitrogens with two attached hydrogens (primary N) is 1. The lowest BCUT2D eigenvalue weighted by Crippen LogP contribution is -2.43. The molecule has 2 aromatic heterocycles. The zero-order valence-corrected chi connectivity index (χ0v) is 30.3. The molecule has 0 bridgehead atoms. The number of benzene rings is 2. The van der Waals surface area contributed by atoms with Gasteiger partial charge in [0.25, 0.3) is 11.8 Å². The van der Waals surface area contributed by atoms with Crippen molar-refractivity contribution in [1.29, 1.82) is 0 Å². The first-order valence-corrected chi connectivity index (χ1v) is 17.6.